The van der Waals surface area contributed by atoms with Gasteiger partial charge in [0.05, 0.1) is 23.6 Å². The van der Waals surface area contributed by atoms with Crippen molar-refractivity contribution in [2.24, 2.45) is 5.92 Å². The molecule has 3 amide bonds. The van der Waals surface area contributed by atoms with Crippen LogP contribution in [0.15, 0.2) is 48.5 Å². The van der Waals surface area contributed by atoms with E-state index < -0.39 is 17.8 Å². The third-order valence-electron chi connectivity index (χ3n) is 5.53. The topological polar surface area (TPSA) is 104 Å². The number of fused-ring (bicyclic) bond motifs is 1. The van der Waals surface area contributed by atoms with Gasteiger partial charge in [0.1, 0.15) is 0 Å². The van der Waals surface area contributed by atoms with E-state index in [1.807, 2.05) is 30.3 Å². The fourth-order valence-corrected chi connectivity index (χ4v) is 3.95. The summed E-state index contributed by atoms with van der Waals surface area (Å²) in [6.45, 7) is 0.174. The molecule has 0 bridgehead atoms. The summed E-state index contributed by atoms with van der Waals surface area (Å²) in [5.41, 5.74) is 1.63. The van der Waals surface area contributed by atoms with Crippen LogP contribution < -0.4 is 5.32 Å². The van der Waals surface area contributed by atoms with Crippen LogP contribution >= 0.6 is 0 Å². The number of nitrogens with one attached hydrogen (secondary N) is 1. The summed E-state index contributed by atoms with van der Waals surface area (Å²) < 4.78 is 0. The molecule has 1 fully saturated rings. The molecule has 2 aromatic rings. The lowest BCUT2D eigenvalue weighted by Gasteiger charge is -2.13. The molecule has 2 aromatic carbocycles. The van der Waals surface area contributed by atoms with Gasteiger partial charge in [-0.3, -0.25) is 24.1 Å². The maximum absolute atomic E-state index is 12.8. The molecule has 0 aromatic heterocycles. The van der Waals surface area contributed by atoms with Crippen LogP contribution in [0.3, 0.4) is 0 Å². The van der Waals surface area contributed by atoms with Crippen LogP contribution in [0, 0.1) is 5.92 Å². The van der Waals surface area contributed by atoms with Crippen LogP contribution in [-0.2, 0) is 11.3 Å². The number of nitrogens with zero attached hydrogens (tertiary/aromatic N) is 1. The van der Waals surface area contributed by atoms with Gasteiger partial charge < -0.3 is 10.4 Å². The zero-order valence-corrected chi connectivity index (χ0v) is 15.6. The number of benzene rings is 2. The summed E-state index contributed by atoms with van der Waals surface area (Å²) in [5, 5.41) is 11.9. The average Bonchev–Trinajstić information content (AvgIpc) is 3.28. The summed E-state index contributed by atoms with van der Waals surface area (Å²) >= 11 is 0. The van der Waals surface area contributed by atoms with E-state index >= 15 is 0 Å². The van der Waals surface area contributed by atoms with Crippen molar-refractivity contribution in [1.82, 2.24) is 10.2 Å². The van der Waals surface area contributed by atoms with E-state index in [0.717, 1.165) is 5.56 Å². The standard InChI is InChI=1S/C22H20N2O5/c25-19(23-16-8-6-15(10-16)22(28)29)14-7-9-17-18(11-14)21(27)24(20(17)26)12-13-4-2-1-3-5-13/h1-5,7,9,11,15-16H,6,8,10,12H2,(H,23,25)(H,28,29)/t15-,16+/m0/s1. The highest BCUT2D eigenvalue weighted by molar-refractivity contribution is 6.22. The minimum atomic E-state index is -0.845. The minimum Gasteiger partial charge on any atom is -0.481 e. The zero-order chi connectivity index (χ0) is 20.5. The number of aliphatic carboxylic acids is 1. The third kappa shape index (κ3) is 3.63. The van der Waals surface area contributed by atoms with Gasteiger partial charge in [-0.2, -0.15) is 0 Å². The van der Waals surface area contributed by atoms with Crippen LogP contribution in [0.1, 0.15) is 55.9 Å². The fraction of sp³-hybridized carbons (Fsp3) is 0.273. The molecule has 7 heteroatoms. The van der Waals surface area contributed by atoms with Gasteiger partial charge in [0, 0.05) is 11.6 Å². The Kier molecular flexibility index (Phi) is 4.88. The highest BCUT2D eigenvalue weighted by Gasteiger charge is 2.36. The average molecular weight is 392 g/mol. The molecule has 1 heterocycles. The van der Waals surface area contributed by atoms with Gasteiger partial charge in [0.25, 0.3) is 17.7 Å². The van der Waals surface area contributed by atoms with Gasteiger partial charge in [-0.1, -0.05) is 30.3 Å². The fourth-order valence-electron chi connectivity index (χ4n) is 3.95. The Morgan fingerprint density at radius 1 is 1.00 bits per heavy atom. The van der Waals surface area contributed by atoms with Gasteiger partial charge >= 0.3 is 5.97 Å². The number of carboxylic acids is 1. The maximum atomic E-state index is 12.8. The lowest BCUT2D eigenvalue weighted by Crippen LogP contribution is -2.33. The molecular formula is C22H20N2O5. The smallest absolute Gasteiger partial charge is 0.306 e. The number of carbonyl (C=O) groups is 4. The molecule has 148 valence electrons. The molecule has 0 spiro atoms. The van der Waals surface area contributed by atoms with E-state index in [2.05, 4.69) is 5.32 Å². The van der Waals surface area contributed by atoms with Crippen molar-refractivity contribution in [1.29, 1.82) is 0 Å². The van der Waals surface area contributed by atoms with Crippen LogP contribution in [0.4, 0.5) is 0 Å². The van der Waals surface area contributed by atoms with E-state index in [1.54, 1.807) is 0 Å². The maximum Gasteiger partial charge on any atom is 0.306 e. The van der Waals surface area contributed by atoms with Crippen LogP contribution in [0.2, 0.25) is 0 Å². The van der Waals surface area contributed by atoms with Gasteiger partial charge in [0.15, 0.2) is 0 Å². The molecule has 0 unspecified atom stereocenters. The highest BCUT2D eigenvalue weighted by atomic mass is 16.4. The molecule has 7 nitrogen and oxygen atoms in total. The number of amides is 3. The lowest BCUT2D eigenvalue weighted by atomic mass is 10.0. The highest BCUT2D eigenvalue weighted by Crippen LogP contribution is 2.28. The van der Waals surface area contributed by atoms with Gasteiger partial charge in [0.2, 0.25) is 0 Å². The van der Waals surface area contributed by atoms with Gasteiger partial charge in [-0.15, -0.1) is 0 Å². The van der Waals surface area contributed by atoms with E-state index in [0.29, 0.717) is 19.3 Å². The summed E-state index contributed by atoms with van der Waals surface area (Å²) in [6, 6.07) is 13.5. The van der Waals surface area contributed by atoms with Crippen molar-refractivity contribution in [2.75, 3.05) is 0 Å². The Labute approximate surface area is 167 Å². The Balaban J connectivity index is 1.48. The Bertz CT molecular complexity index is 1000. The monoisotopic (exact) mass is 392 g/mol. The lowest BCUT2D eigenvalue weighted by molar-refractivity contribution is -0.141. The number of hydrogen-bond acceptors (Lipinski definition) is 4. The Morgan fingerprint density at radius 3 is 2.41 bits per heavy atom. The molecule has 0 radical (unpaired) electrons. The van der Waals surface area contributed by atoms with Gasteiger partial charge in [-0.05, 0) is 43.0 Å². The van der Waals surface area contributed by atoms with Crippen molar-refractivity contribution in [3.05, 3.63) is 70.8 Å². The van der Waals surface area contributed by atoms with Crippen LogP contribution in [0.5, 0.6) is 0 Å². The van der Waals surface area contributed by atoms with Crippen molar-refractivity contribution in [2.45, 2.75) is 31.8 Å². The molecule has 2 N–H and O–H groups in total. The van der Waals surface area contributed by atoms with Crippen LogP contribution in [0.25, 0.3) is 0 Å². The first-order valence-electron chi connectivity index (χ1n) is 9.52. The summed E-state index contributed by atoms with van der Waals surface area (Å²) in [7, 11) is 0. The van der Waals surface area contributed by atoms with Crippen molar-refractivity contribution in [3.63, 3.8) is 0 Å². The SMILES string of the molecule is O=C(N[C@@H]1CC[C@H](C(=O)O)C1)c1ccc2c(c1)C(=O)N(Cc1ccccc1)C2=O. The molecule has 1 aliphatic carbocycles. The first kappa shape index (κ1) is 18.9. The number of rotatable bonds is 5. The van der Waals surface area contributed by atoms with E-state index in [1.165, 1.54) is 23.1 Å². The number of hydrogen-bond donors (Lipinski definition) is 2. The molecular weight excluding hydrogens is 372 g/mol. The van der Waals surface area contributed by atoms with Crippen molar-refractivity contribution >= 4 is 23.7 Å². The first-order valence-corrected chi connectivity index (χ1v) is 9.52. The summed E-state index contributed by atoms with van der Waals surface area (Å²) in [6.07, 6.45) is 1.54. The third-order valence-corrected chi connectivity index (χ3v) is 5.53. The van der Waals surface area contributed by atoms with E-state index in [-0.39, 0.29) is 41.1 Å². The molecule has 1 aliphatic heterocycles. The Hall–Kier alpha value is -3.48. The van der Waals surface area contributed by atoms with Crippen LogP contribution in [-0.4, -0.2) is 39.7 Å². The number of imide groups is 1. The number of carbonyl (C=O) groups excluding carboxylic acids is 3. The number of carboxylic acid groups (broad SMARTS) is 1. The second-order valence-electron chi connectivity index (χ2n) is 7.46. The molecule has 0 saturated heterocycles. The largest absolute Gasteiger partial charge is 0.481 e. The zero-order valence-electron chi connectivity index (χ0n) is 15.6. The first-order chi connectivity index (χ1) is 13.9. The summed E-state index contributed by atoms with van der Waals surface area (Å²) in [5.74, 6) is -2.45. The second kappa shape index (κ2) is 7.50. The van der Waals surface area contributed by atoms with E-state index in [9.17, 15) is 19.2 Å². The molecule has 1 saturated carbocycles. The predicted molar refractivity (Wildman–Crippen MR) is 103 cm³/mol. The molecule has 2 atom stereocenters. The molecule has 4 rings (SSSR count). The predicted octanol–water partition coefficient (Wildman–Crippen LogP) is 2.47. The van der Waals surface area contributed by atoms with Crippen molar-refractivity contribution < 1.29 is 24.3 Å². The quantitative estimate of drug-likeness (QED) is 0.761. The summed E-state index contributed by atoms with van der Waals surface area (Å²) in [4.78, 5) is 50.2. The minimum absolute atomic E-state index is 0.174. The molecule has 29 heavy (non-hydrogen) atoms. The van der Waals surface area contributed by atoms with Crippen molar-refractivity contribution in [3.8, 4) is 0 Å². The van der Waals surface area contributed by atoms with Gasteiger partial charge in [-0.25, -0.2) is 0 Å². The van der Waals surface area contributed by atoms with E-state index in [4.69, 9.17) is 5.11 Å². The second-order valence-corrected chi connectivity index (χ2v) is 7.46. The Morgan fingerprint density at radius 2 is 1.72 bits per heavy atom. The normalized spacial score (nSPS) is 20.6. The molecule has 2 aliphatic rings.